The van der Waals surface area contributed by atoms with Gasteiger partial charge in [-0.25, -0.2) is 0 Å². The summed E-state index contributed by atoms with van der Waals surface area (Å²) in [7, 11) is 0. The molecule has 2 fully saturated rings. The van der Waals surface area contributed by atoms with E-state index < -0.39 is 0 Å². The van der Waals surface area contributed by atoms with Crippen LogP contribution >= 0.6 is 35.6 Å². The van der Waals surface area contributed by atoms with Gasteiger partial charge >= 0.3 is 0 Å². The SMILES string of the molecule is Cl.O=C1CC(c2ccc(Cl)c(Cl)c2)CN(Cc2ccccc2)C1CCN1CCC(Cc2ccccc2)CC1. The van der Waals surface area contributed by atoms with Crippen molar-refractivity contribution < 1.29 is 4.79 Å². The van der Waals surface area contributed by atoms with Gasteiger partial charge in [-0.2, -0.15) is 0 Å². The third-order valence-corrected chi connectivity index (χ3v) is 8.89. The second-order valence-corrected chi connectivity index (χ2v) is 11.5. The fourth-order valence-electron chi connectivity index (χ4n) is 6.05. The highest BCUT2D eigenvalue weighted by Gasteiger charge is 2.36. The van der Waals surface area contributed by atoms with E-state index >= 15 is 0 Å². The lowest BCUT2D eigenvalue weighted by Gasteiger charge is -2.40. The zero-order valence-corrected chi connectivity index (χ0v) is 24.1. The number of Topliss-reactive ketones (excluding diaryl/α,β-unsaturated/α-hetero) is 1. The topological polar surface area (TPSA) is 23.6 Å². The lowest BCUT2D eigenvalue weighted by molar-refractivity contribution is -0.128. The van der Waals surface area contributed by atoms with Crippen LogP contribution in [0.3, 0.4) is 0 Å². The summed E-state index contributed by atoms with van der Waals surface area (Å²) < 4.78 is 0. The molecule has 3 aromatic rings. The van der Waals surface area contributed by atoms with Crippen LogP contribution in [0, 0.1) is 5.92 Å². The predicted octanol–water partition coefficient (Wildman–Crippen LogP) is 7.69. The van der Waals surface area contributed by atoms with E-state index in [1.165, 1.54) is 30.4 Å². The molecule has 202 valence electrons. The number of carbonyl (C=O) groups is 1. The maximum atomic E-state index is 13.5. The summed E-state index contributed by atoms with van der Waals surface area (Å²) in [4.78, 5) is 18.5. The molecular weight excluding hydrogens is 535 g/mol. The van der Waals surface area contributed by atoms with Crippen LogP contribution in [-0.4, -0.2) is 47.8 Å². The fraction of sp³-hybridized carbons (Fsp3) is 0.406. The number of benzene rings is 3. The van der Waals surface area contributed by atoms with Crippen molar-refractivity contribution >= 4 is 41.4 Å². The molecule has 2 atom stereocenters. The minimum atomic E-state index is -0.0405. The van der Waals surface area contributed by atoms with Crippen molar-refractivity contribution in [2.75, 3.05) is 26.2 Å². The molecule has 38 heavy (non-hydrogen) atoms. The number of ketones is 1. The third kappa shape index (κ3) is 7.61. The third-order valence-electron chi connectivity index (χ3n) is 8.15. The maximum Gasteiger partial charge on any atom is 0.150 e. The molecule has 3 nitrogen and oxygen atoms in total. The van der Waals surface area contributed by atoms with Crippen LogP contribution in [0.25, 0.3) is 0 Å². The first kappa shape index (κ1) is 29.1. The first-order valence-corrected chi connectivity index (χ1v) is 14.3. The summed E-state index contributed by atoms with van der Waals surface area (Å²) in [5.74, 6) is 1.24. The van der Waals surface area contributed by atoms with Gasteiger partial charge in [0, 0.05) is 32.0 Å². The minimum Gasteiger partial charge on any atom is -0.303 e. The molecule has 0 saturated carbocycles. The number of likely N-dealkylation sites (tertiary alicyclic amines) is 2. The Hall–Kier alpha value is -1.88. The highest BCUT2D eigenvalue weighted by atomic mass is 35.5. The summed E-state index contributed by atoms with van der Waals surface area (Å²) in [6.07, 6.45) is 5.11. The summed E-state index contributed by atoms with van der Waals surface area (Å²) in [5, 5.41) is 1.11. The number of hydrogen-bond acceptors (Lipinski definition) is 3. The van der Waals surface area contributed by atoms with E-state index in [1.54, 1.807) is 0 Å². The van der Waals surface area contributed by atoms with Gasteiger partial charge in [0.1, 0.15) is 0 Å². The Morgan fingerprint density at radius 3 is 2.13 bits per heavy atom. The van der Waals surface area contributed by atoms with E-state index in [0.29, 0.717) is 22.2 Å². The van der Waals surface area contributed by atoms with E-state index in [9.17, 15) is 4.79 Å². The largest absolute Gasteiger partial charge is 0.303 e. The number of carbonyl (C=O) groups excluding carboxylic acids is 1. The average molecular weight is 572 g/mol. The molecule has 0 bridgehead atoms. The zero-order valence-electron chi connectivity index (χ0n) is 21.8. The molecule has 5 rings (SSSR count). The predicted molar refractivity (Wildman–Crippen MR) is 161 cm³/mol. The first-order chi connectivity index (χ1) is 18.0. The molecule has 2 aliphatic heterocycles. The van der Waals surface area contributed by atoms with Gasteiger partial charge in [0.25, 0.3) is 0 Å². The van der Waals surface area contributed by atoms with E-state index in [2.05, 4.69) is 64.4 Å². The Kier molecular flexibility index (Phi) is 10.7. The Morgan fingerprint density at radius 1 is 0.816 bits per heavy atom. The second kappa shape index (κ2) is 14.0. The van der Waals surface area contributed by atoms with Crippen molar-refractivity contribution in [2.45, 2.75) is 50.6 Å². The number of piperidine rings is 2. The monoisotopic (exact) mass is 570 g/mol. The molecule has 3 aromatic carbocycles. The van der Waals surface area contributed by atoms with Gasteiger partial charge in [-0.15, -0.1) is 12.4 Å². The number of nitrogens with zero attached hydrogens (tertiary/aromatic N) is 2. The molecule has 0 amide bonds. The van der Waals surface area contributed by atoms with Gasteiger partial charge in [0.2, 0.25) is 0 Å². The Morgan fingerprint density at radius 2 is 1.47 bits per heavy atom. The molecule has 0 N–H and O–H groups in total. The summed E-state index contributed by atoms with van der Waals surface area (Å²) in [6.45, 7) is 4.87. The fourth-order valence-corrected chi connectivity index (χ4v) is 6.36. The smallest absolute Gasteiger partial charge is 0.150 e. The van der Waals surface area contributed by atoms with Gasteiger partial charge in [0.05, 0.1) is 16.1 Å². The van der Waals surface area contributed by atoms with E-state index in [1.807, 2.05) is 24.3 Å². The molecule has 2 heterocycles. The molecule has 0 aliphatic carbocycles. The molecule has 2 unspecified atom stereocenters. The molecular formula is C32H37Cl3N2O. The van der Waals surface area contributed by atoms with Crippen molar-refractivity contribution in [3.05, 3.63) is 106 Å². The van der Waals surface area contributed by atoms with Crippen molar-refractivity contribution in [3.8, 4) is 0 Å². The van der Waals surface area contributed by atoms with Crippen LogP contribution in [0.4, 0.5) is 0 Å². The lowest BCUT2D eigenvalue weighted by atomic mass is 9.84. The van der Waals surface area contributed by atoms with E-state index in [4.69, 9.17) is 23.2 Å². The van der Waals surface area contributed by atoms with Crippen LogP contribution in [0.5, 0.6) is 0 Å². The van der Waals surface area contributed by atoms with Crippen LogP contribution in [0.2, 0.25) is 10.0 Å². The average Bonchev–Trinajstić information content (AvgIpc) is 2.92. The minimum absolute atomic E-state index is 0. The standard InChI is InChI=1S/C32H36Cl2N2O.ClH/c33-29-12-11-27(20-30(29)34)28-21-32(37)31(36(23-28)22-26-9-5-2-6-10-26)15-18-35-16-13-25(14-17-35)19-24-7-3-1-4-8-24;/h1-12,20,25,28,31H,13-19,21-23H2;1H. The Labute approximate surface area is 243 Å². The Bertz CT molecular complexity index is 1170. The lowest BCUT2D eigenvalue weighted by Crippen LogP contribution is -2.49. The normalized spacial score (nSPS) is 21.3. The van der Waals surface area contributed by atoms with Crippen molar-refractivity contribution in [1.82, 2.24) is 9.80 Å². The molecule has 0 radical (unpaired) electrons. The number of rotatable bonds is 8. The first-order valence-electron chi connectivity index (χ1n) is 13.6. The van der Waals surface area contributed by atoms with Crippen LogP contribution in [-0.2, 0) is 17.8 Å². The zero-order chi connectivity index (χ0) is 25.6. The molecule has 0 spiro atoms. The van der Waals surface area contributed by atoms with Crippen molar-refractivity contribution in [3.63, 3.8) is 0 Å². The van der Waals surface area contributed by atoms with Gasteiger partial charge in [0.15, 0.2) is 5.78 Å². The second-order valence-electron chi connectivity index (χ2n) is 10.7. The molecule has 6 heteroatoms. The van der Waals surface area contributed by atoms with E-state index in [0.717, 1.165) is 50.6 Å². The number of hydrogen-bond donors (Lipinski definition) is 0. The van der Waals surface area contributed by atoms with Crippen molar-refractivity contribution in [1.29, 1.82) is 0 Å². The van der Waals surface area contributed by atoms with Crippen LogP contribution in [0.1, 0.15) is 48.3 Å². The highest BCUT2D eigenvalue weighted by molar-refractivity contribution is 6.42. The quantitative estimate of drug-likeness (QED) is 0.277. The van der Waals surface area contributed by atoms with Crippen LogP contribution in [0.15, 0.2) is 78.9 Å². The molecule has 2 aliphatic rings. The maximum absolute atomic E-state index is 13.5. The number of halogens is 3. The molecule has 0 aromatic heterocycles. The van der Waals surface area contributed by atoms with Gasteiger partial charge in [-0.05, 0) is 73.5 Å². The summed E-state index contributed by atoms with van der Waals surface area (Å²) in [6, 6.07) is 27.1. The van der Waals surface area contributed by atoms with Crippen molar-refractivity contribution in [2.24, 2.45) is 5.92 Å². The summed E-state index contributed by atoms with van der Waals surface area (Å²) in [5.41, 5.74) is 3.79. The van der Waals surface area contributed by atoms with Gasteiger partial charge in [-0.3, -0.25) is 9.69 Å². The van der Waals surface area contributed by atoms with E-state index in [-0.39, 0.29) is 24.4 Å². The Balaban J connectivity index is 0.00000336. The van der Waals surface area contributed by atoms with Gasteiger partial charge < -0.3 is 4.90 Å². The van der Waals surface area contributed by atoms with Crippen LogP contribution < -0.4 is 0 Å². The molecule has 2 saturated heterocycles. The van der Waals surface area contributed by atoms with Gasteiger partial charge in [-0.1, -0.05) is 89.9 Å². The summed E-state index contributed by atoms with van der Waals surface area (Å²) >= 11 is 12.5. The highest BCUT2D eigenvalue weighted by Crippen LogP contribution is 2.34.